The van der Waals surface area contributed by atoms with E-state index in [1.165, 1.54) is 0 Å². The molecule has 2 N–H and O–H groups in total. The molecule has 0 aliphatic rings. The lowest BCUT2D eigenvalue weighted by atomic mass is 10.8. The number of hydrogen-bond acceptors (Lipinski definition) is 7. The van der Waals surface area contributed by atoms with Crippen LogP contribution in [0.25, 0.3) is 0 Å². The molecule has 9 nitrogen and oxygen atoms in total. The molecule has 0 aliphatic heterocycles. The largest absolute Gasteiger partial charge is 0.465 e. The summed E-state index contributed by atoms with van der Waals surface area (Å²) >= 11 is 0. The van der Waals surface area contributed by atoms with Crippen molar-refractivity contribution in [3.8, 4) is 6.01 Å². The number of esters is 1. The van der Waals surface area contributed by atoms with Gasteiger partial charge in [-0.1, -0.05) is 0 Å². The van der Waals surface area contributed by atoms with Crippen molar-refractivity contribution in [1.29, 1.82) is 0 Å². The zero-order valence-corrected chi connectivity index (χ0v) is 10.8. The first-order valence-corrected chi connectivity index (χ1v) is 6.83. The molecule has 0 radical (unpaired) electrons. The lowest BCUT2D eigenvalue weighted by Gasteiger charge is -2.04. The summed E-state index contributed by atoms with van der Waals surface area (Å²) in [5, 5.41) is 5.93. The van der Waals surface area contributed by atoms with Gasteiger partial charge in [-0.15, -0.1) is 5.10 Å². The number of aromatic nitrogens is 3. The Hall–Kier alpha value is -1.84. The second-order valence-corrected chi connectivity index (χ2v) is 4.79. The van der Waals surface area contributed by atoms with Crippen molar-refractivity contribution in [2.45, 2.75) is 13.8 Å². The van der Waals surface area contributed by atoms with Gasteiger partial charge in [0.05, 0.1) is 13.2 Å². The topological polar surface area (TPSA) is 123 Å². The first kappa shape index (κ1) is 14.2. The van der Waals surface area contributed by atoms with Crippen LogP contribution in [0.2, 0.25) is 0 Å². The number of anilines is 1. The number of carbonyl (C=O) groups excluding carboxylic acids is 1. The summed E-state index contributed by atoms with van der Waals surface area (Å²) in [6.45, 7) is 3.79. The maximum absolute atomic E-state index is 11.5. The van der Waals surface area contributed by atoms with Crippen LogP contribution in [0, 0.1) is 0 Å². The summed E-state index contributed by atoms with van der Waals surface area (Å²) in [4.78, 5) is 14.8. The predicted molar refractivity (Wildman–Crippen MR) is 61.6 cm³/mol. The van der Waals surface area contributed by atoms with Gasteiger partial charge in [-0.25, -0.2) is 13.5 Å². The molecule has 0 spiro atoms. The van der Waals surface area contributed by atoms with E-state index in [2.05, 4.69) is 19.9 Å². The molecule has 0 amide bonds. The van der Waals surface area contributed by atoms with Crippen molar-refractivity contribution >= 4 is 21.9 Å². The van der Waals surface area contributed by atoms with Crippen LogP contribution in [-0.4, -0.2) is 48.5 Å². The number of H-pyrrole nitrogens is 1. The van der Waals surface area contributed by atoms with Crippen LogP contribution in [0.15, 0.2) is 0 Å². The molecular weight excluding hydrogens is 264 g/mol. The molecule has 0 atom stereocenters. The number of carbonyl (C=O) groups is 1. The lowest BCUT2D eigenvalue weighted by molar-refractivity contribution is -0.139. The molecule has 102 valence electrons. The number of nitrogens with zero attached hydrogens (tertiary/aromatic N) is 2. The Balaban J connectivity index is 2.61. The van der Waals surface area contributed by atoms with E-state index in [1.54, 1.807) is 13.8 Å². The Morgan fingerprint density at radius 3 is 2.72 bits per heavy atom. The van der Waals surface area contributed by atoms with Gasteiger partial charge in [0.15, 0.2) is 5.75 Å². The van der Waals surface area contributed by atoms with Crippen LogP contribution in [0.4, 0.5) is 5.95 Å². The Morgan fingerprint density at radius 1 is 1.39 bits per heavy atom. The monoisotopic (exact) mass is 278 g/mol. The van der Waals surface area contributed by atoms with E-state index < -0.39 is 21.7 Å². The van der Waals surface area contributed by atoms with E-state index in [0.29, 0.717) is 6.61 Å². The number of rotatable bonds is 7. The Labute approximate surface area is 104 Å². The van der Waals surface area contributed by atoms with Gasteiger partial charge >= 0.3 is 12.0 Å². The zero-order chi connectivity index (χ0) is 13.6. The van der Waals surface area contributed by atoms with Gasteiger partial charge in [0.1, 0.15) is 0 Å². The molecule has 18 heavy (non-hydrogen) atoms. The van der Waals surface area contributed by atoms with E-state index in [1.807, 2.05) is 4.72 Å². The number of ether oxygens (including phenoxy) is 2. The third-order valence-corrected chi connectivity index (χ3v) is 2.72. The summed E-state index contributed by atoms with van der Waals surface area (Å²) in [6, 6.07) is 0.0198. The van der Waals surface area contributed by atoms with Gasteiger partial charge in [0.25, 0.3) is 0 Å². The molecule has 0 unspecified atom stereocenters. The minimum Gasteiger partial charge on any atom is -0.465 e. The smallest absolute Gasteiger partial charge is 0.337 e. The Bertz CT molecular complexity index is 497. The first-order chi connectivity index (χ1) is 8.46. The number of nitrogens with one attached hydrogen (secondary N) is 2. The van der Waals surface area contributed by atoms with Gasteiger partial charge in [-0.3, -0.25) is 9.52 Å². The third-order valence-electron chi connectivity index (χ3n) is 1.60. The number of sulfonamides is 1. The molecule has 0 aromatic carbocycles. The van der Waals surface area contributed by atoms with Crippen LogP contribution in [0.5, 0.6) is 6.01 Å². The fourth-order valence-corrected chi connectivity index (χ4v) is 1.88. The fraction of sp³-hybridized carbons (Fsp3) is 0.625. The van der Waals surface area contributed by atoms with Gasteiger partial charge in [-0.05, 0) is 13.8 Å². The van der Waals surface area contributed by atoms with Gasteiger partial charge < -0.3 is 9.47 Å². The van der Waals surface area contributed by atoms with Gasteiger partial charge in [0, 0.05) is 0 Å². The Morgan fingerprint density at radius 2 is 2.11 bits per heavy atom. The molecular formula is C8H14N4O5S. The SMILES string of the molecule is CCOC(=O)CS(=O)(=O)Nc1nc(OCC)n[nH]1. The molecule has 1 rings (SSSR count). The average Bonchev–Trinajstić information content (AvgIpc) is 2.64. The first-order valence-electron chi connectivity index (χ1n) is 5.18. The van der Waals surface area contributed by atoms with E-state index in [-0.39, 0.29) is 18.6 Å². The van der Waals surface area contributed by atoms with Gasteiger partial charge in [0.2, 0.25) is 16.0 Å². The zero-order valence-electron chi connectivity index (χ0n) is 9.97. The summed E-state index contributed by atoms with van der Waals surface area (Å²) < 4.78 is 34.5. The summed E-state index contributed by atoms with van der Waals surface area (Å²) in [5.74, 6) is -1.75. The molecule has 1 aromatic rings. The van der Waals surface area contributed by atoms with Crippen molar-refractivity contribution in [1.82, 2.24) is 15.2 Å². The molecule has 10 heteroatoms. The maximum Gasteiger partial charge on any atom is 0.337 e. The van der Waals surface area contributed by atoms with E-state index in [0.717, 1.165) is 0 Å². The van der Waals surface area contributed by atoms with Gasteiger partial charge in [-0.2, -0.15) is 4.98 Å². The van der Waals surface area contributed by atoms with Crippen LogP contribution in [-0.2, 0) is 19.6 Å². The number of hydrogen-bond donors (Lipinski definition) is 2. The quantitative estimate of drug-likeness (QED) is 0.645. The molecule has 0 bridgehead atoms. The van der Waals surface area contributed by atoms with Crippen molar-refractivity contribution in [3.05, 3.63) is 0 Å². The van der Waals surface area contributed by atoms with Crippen LogP contribution >= 0.6 is 0 Å². The molecule has 1 aromatic heterocycles. The normalized spacial score (nSPS) is 11.0. The maximum atomic E-state index is 11.5. The fourth-order valence-electron chi connectivity index (χ4n) is 1.03. The highest BCUT2D eigenvalue weighted by molar-refractivity contribution is 7.93. The minimum atomic E-state index is -3.87. The second-order valence-electron chi connectivity index (χ2n) is 3.07. The van der Waals surface area contributed by atoms with Crippen molar-refractivity contribution in [2.24, 2.45) is 0 Å². The molecule has 0 aliphatic carbocycles. The van der Waals surface area contributed by atoms with Crippen molar-refractivity contribution in [3.63, 3.8) is 0 Å². The van der Waals surface area contributed by atoms with Crippen LogP contribution in [0.3, 0.4) is 0 Å². The number of aromatic amines is 1. The molecule has 0 saturated carbocycles. The van der Waals surface area contributed by atoms with Crippen LogP contribution < -0.4 is 9.46 Å². The van der Waals surface area contributed by atoms with E-state index in [4.69, 9.17) is 4.74 Å². The van der Waals surface area contributed by atoms with E-state index >= 15 is 0 Å². The highest BCUT2D eigenvalue weighted by atomic mass is 32.2. The third kappa shape index (κ3) is 4.57. The van der Waals surface area contributed by atoms with Crippen molar-refractivity contribution in [2.75, 3.05) is 23.7 Å². The van der Waals surface area contributed by atoms with E-state index in [9.17, 15) is 13.2 Å². The predicted octanol–water partition coefficient (Wildman–Crippen LogP) is -0.492. The van der Waals surface area contributed by atoms with Crippen molar-refractivity contribution < 1.29 is 22.7 Å². The molecule has 0 saturated heterocycles. The summed E-state index contributed by atoms with van der Waals surface area (Å²) in [7, 11) is -3.87. The standard InChI is InChI=1S/C8H14N4O5S/c1-3-16-6(13)5-18(14,15)12-7-9-8(11-10-7)17-4-2/h3-5H2,1-2H3,(H2,9,10,11,12). The highest BCUT2D eigenvalue weighted by Gasteiger charge is 2.19. The van der Waals surface area contributed by atoms with Crippen LogP contribution in [0.1, 0.15) is 13.8 Å². The molecule has 1 heterocycles. The summed E-state index contributed by atoms with van der Waals surface area (Å²) in [5.41, 5.74) is 0. The summed E-state index contributed by atoms with van der Waals surface area (Å²) in [6.07, 6.45) is 0. The average molecular weight is 278 g/mol. The minimum absolute atomic E-state index is 0.0198. The molecule has 0 fully saturated rings. The lowest BCUT2D eigenvalue weighted by Crippen LogP contribution is -2.24. The Kier molecular flexibility index (Phi) is 4.89. The highest BCUT2D eigenvalue weighted by Crippen LogP contribution is 2.07. The second kappa shape index (κ2) is 6.19.